The minimum Gasteiger partial charge on any atom is -0.397 e. The van der Waals surface area contributed by atoms with Gasteiger partial charge in [-0.25, -0.2) is 0 Å². The van der Waals surface area contributed by atoms with Crippen LogP contribution in [-0.4, -0.2) is 11.9 Å². The van der Waals surface area contributed by atoms with Crippen LogP contribution in [0.15, 0.2) is 18.2 Å². The van der Waals surface area contributed by atoms with Gasteiger partial charge in [0.1, 0.15) is 0 Å². The molecule has 0 radical (unpaired) electrons. The van der Waals surface area contributed by atoms with Crippen LogP contribution in [0.2, 0.25) is 5.02 Å². The maximum atomic E-state index is 12.0. The monoisotopic (exact) mass is 252 g/mol. The van der Waals surface area contributed by atoms with Gasteiger partial charge in [-0.05, 0) is 31.4 Å². The lowest BCUT2D eigenvalue weighted by molar-refractivity contribution is 0.0938. The summed E-state index contributed by atoms with van der Waals surface area (Å²) in [5.74, 6) is 0.653. The molecule has 0 saturated heterocycles. The average Bonchev–Trinajstić information content (AvgIpc) is 3.05. The lowest BCUT2D eigenvalue weighted by Crippen LogP contribution is -2.33. The molecule has 17 heavy (non-hydrogen) atoms. The minimum absolute atomic E-state index is 0.141. The number of nitrogens with two attached hydrogens (primary N) is 1. The summed E-state index contributed by atoms with van der Waals surface area (Å²) in [6.07, 6.45) is 3.63. The molecule has 1 atom stereocenters. The van der Waals surface area contributed by atoms with E-state index in [4.69, 9.17) is 17.3 Å². The summed E-state index contributed by atoms with van der Waals surface area (Å²) in [6.45, 7) is 2.02. The molecule has 0 aliphatic heterocycles. The van der Waals surface area contributed by atoms with Crippen molar-refractivity contribution < 1.29 is 4.79 Å². The first-order chi connectivity index (χ1) is 8.08. The van der Waals surface area contributed by atoms with E-state index in [-0.39, 0.29) is 11.9 Å². The zero-order valence-electron chi connectivity index (χ0n) is 9.87. The number of hydrogen-bond acceptors (Lipinski definition) is 2. The molecule has 3 nitrogen and oxygen atoms in total. The average molecular weight is 253 g/mol. The van der Waals surface area contributed by atoms with Crippen molar-refractivity contribution in [3.63, 3.8) is 0 Å². The first-order valence-electron chi connectivity index (χ1n) is 5.92. The molecule has 1 amide bonds. The number of benzene rings is 1. The van der Waals surface area contributed by atoms with Gasteiger partial charge >= 0.3 is 0 Å². The normalized spacial score (nSPS) is 16.6. The zero-order chi connectivity index (χ0) is 12.4. The van der Waals surface area contributed by atoms with Gasteiger partial charge in [0.05, 0.1) is 16.3 Å². The van der Waals surface area contributed by atoms with Crippen molar-refractivity contribution in [2.75, 3.05) is 5.73 Å². The highest BCUT2D eigenvalue weighted by atomic mass is 35.5. The maximum Gasteiger partial charge on any atom is 0.253 e. The Morgan fingerprint density at radius 2 is 2.29 bits per heavy atom. The van der Waals surface area contributed by atoms with Gasteiger partial charge in [-0.15, -0.1) is 0 Å². The van der Waals surface area contributed by atoms with Crippen molar-refractivity contribution >= 4 is 23.2 Å². The molecule has 0 bridgehead atoms. The number of para-hydroxylation sites is 1. The zero-order valence-corrected chi connectivity index (χ0v) is 10.6. The van der Waals surface area contributed by atoms with E-state index < -0.39 is 0 Å². The molecule has 1 aromatic rings. The highest BCUT2D eigenvalue weighted by Gasteiger charge is 2.24. The molecular weight excluding hydrogens is 236 g/mol. The second-order valence-corrected chi connectivity index (χ2v) is 5.16. The molecule has 0 aromatic heterocycles. The first kappa shape index (κ1) is 12.2. The Bertz CT molecular complexity index is 429. The minimum atomic E-state index is -0.141. The number of nitrogens with one attached hydrogen (secondary N) is 1. The van der Waals surface area contributed by atoms with Crippen LogP contribution in [0.3, 0.4) is 0 Å². The highest BCUT2D eigenvalue weighted by molar-refractivity contribution is 6.33. The Morgan fingerprint density at radius 3 is 2.94 bits per heavy atom. The van der Waals surface area contributed by atoms with Crippen LogP contribution >= 0.6 is 11.6 Å². The Balaban J connectivity index is 2.00. The van der Waals surface area contributed by atoms with Gasteiger partial charge in [0.2, 0.25) is 0 Å². The van der Waals surface area contributed by atoms with Crippen LogP contribution in [0.25, 0.3) is 0 Å². The third kappa shape index (κ3) is 3.13. The fourth-order valence-corrected chi connectivity index (χ4v) is 2.12. The van der Waals surface area contributed by atoms with E-state index in [0.29, 0.717) is 16.3 Å². The standard InChI is InChI=1S/C13H17ClN2O/c1-8(7-9-5-6-9)16-13(17)10-3-2-4-11(14)12(10)15/h2-4,8-9H,5-7,15H2,1H3,(H,16,17). The topological polar surface area (TPSA) is 55.1 Å². The number of rotatable bonds is 4. The summed E-state index contributed by atoms with van der Waals surface area (Å²) < 4.78 is 0. The molecule has 1 aliphatic rings. The number of halogens is 1. The van der Waals surface area contributed by atoms with E-state index in [0.717, 1.165) is 12.3 Å². The van der Waals surface area contributed by atoms with Gasteiger partial charge in [-0.1, -0.05) is 30.5 Å². The number of anilines is 1. The summed E-state index contributed by atoms with van der Waals surface area (Å²) in [5, 5.41) is 3.38. The van der Waals surface area contributed by atoms with Crippen LogP contribution in [0.1, 0.15) is 36.5 Å². The van der Waals surface area contributed by atoms with Crippen molar-refractivity contribution in [2.45, 2.75) is 32.2 Å². The number of amides is 1. The summed E-state index contributed by atoms with van der Waals surface area (Å²) in [4.78, 5) is 12.0. The van der Waals surface area contributed by atoms with Crippen molar-refractivity contribution in [3.05, 3.63) is 28.8 Å². The van der Waals surface area contributed by atoms with Crippen molar-refractivity contribution in [3.8, 4) is 0 Å². The third-order valence-electron chi connectivity index (χ3n) is 3.06. The van der Waals surface area contributed by atoms with Crippen molar-refractivity contribution in [1.29, 1.82) is 0 Å². The van der Waals surface area contributed by atoms with E-state index in [1.165, 1.54) is 12.8 Å². The number of hydrogen-bond donors (Lipinski definition) is 2. The number of carbonyl (C=O) groups is 1. The summed E-state index contributed by atoms with van der Waals surface area (Å²) in [7, 11) is 0. The number of nitrogen functional groups attached to an aromatic ring is 1. The molecule has 2 rings (SSSR count). The number of carbonyl (C=O) groups excluding carboxylic acids is 1. The fraction of sp³-hybridized carbons (Fsp3) is 0.462. The van der Waals surface area contributed by atoms with Crippen molar-refractivity contribution in [2.24, 2.45) is 5.92 Å². The smallest absolute Gasteiger partial charge is 0.253 e. The van der Waals surface area contributed by atoms with Gasteiger partial charge in [0, 0.05) is 6.04 Å². The van der Waals surface area contributed by atoms with Gasteiger partial charge < -0.3 is 11.1 Å². The third-order valence-corrected chi connectivity index (χ3v) is 3.39. The molecular formula is C13H17ClN2O. The largest absolute Gasteiger partial charge is 0.397 e. The maximum absolute atomic E-state index is 12.0. The van der Waals surface area contributed by atoms with E-state index in [1.54, 1.807) is 18.2 Å². The van der Waals surface area contributed by atoms with Gasteiger partial charge in [-0.3, -0.25) is 4.79 Å². The molecule has 1 unspecified atom stereocenters. The molecule has 4 heteroatoms. The molecule has 1 aromatic carbocycles. The van der Waals surface area contributed by atoms with Gasteiger partial charge in [-0.2, -0.15) is 0 Å². The van der Waals surface area contributed by atoms with Crippen LogP contribution in [0.5, 0.6) is 0 Å². The highest BCUT2D eigenvalue weighted by Crippen LogP contribution is 2.33. The second kappa shape index (κ2) is 4.96. The second-order valence-electron chi connectivity index (χ2n) is 4.75. The predicted molar refractivity (Wildman–Crippen MR) is 70.1 cm³/mol. The van der Waals surface area contributed by atoms with Crippen LogP contribution in [0, 0.1) is 5.92 Å². The predicted octanol–water partition coefficient (Wildman–Crippen LogP) is 2.84. The Kier molecular flexibility index (Phi) is 3.57. The summed E-state index contributed by atoms with van der Waals surface area (Å²) in [5.41, 5.74) is 6.59. The Labute approximate surface area is 106 Å². The lowest BCUT2D eigenvalue weighted by Gasteiger charge is -2.14. The molecule has 0 heterocycles. The van der Waals surface area contributed by atoms with E-state index in [2.05, 4.69) is 5.32 Å². The molecule has 3 N–H and O–H groups in total. The van der Waals surface area contributed by atoms with Crippen LogP contribution in [0.4, 0.5) is 5.69 Å². The molecule has 0 spiro atoms. The van der Waals surface area contributed by atoms with Gasteiger partial charge in [0.15, 0.2) is 0 Å². The Morgan fingerprint density at radius 1 is 1.59 bits per heavy atom. The first-order valence-corrected chi connectivity index (χ1v) is 6.30. The fourth-order valence-electron chi connectivity index (χ4n) is 1.95. The van der Waals surface area contributed by atoms with E-state index in [9.17, 15) is 4.79 Å². The molecule has 1 aliphatic carbocycles. The summed E-state index contributed by atoms with van der Waals surface area (Å²) in [6, 6.07) is 5.30. The SMILES string of the molecule is CC(CC1CC1)NC(=O)c1cccc(Cl)c1N. The van der Waals surface area contributed by atoms with Crippen LogP contribution in [-0.2, 0) is 0 Å². The van der Waals surface area contributed by atoms with Crippen molar-refractivity contribution in [1.82, 2.24) is 5.32 Å². The summed E-state index contributed by atoms with van der Waals surface area (Å²) >= 11 is 5.88. The van der Waals surface area contributed by atoms with Crippen LogP contribution < -0.4 is 11.1 Å². The van der Waals surface area contributed by atoms with Gasteiger partial charge in [0.25, 0.3) is 5.91 Å². The molecule has 1 saturated carbocycles. The molecule has 1 fully saturated rings. The molecule has 92 valence electrons. The quantitative estimate of drug-likeness (QED) is 0.810. The van der Waals surface area contributed by atoms with E-state index >= 15 is 0 Å². The lowest BCUT2D eigenvalue weighted by atomic mass is 10.1. The Hall–Kier alpha value is -1.22. The van der Waals surface area contributed by atoms with E-state index in [1.807, 2.05) is 6.92 Å².